The fraction of sp³-hybridized carbons (Fsp3) is 0.190. The molecule has 0 fully saturated rings. The average Bonchev–Trinajstić information content (AvgIpc) is 3.11. The molecule has 2 aromatic carbocycles. The highest BCUT2D eigenvalue weighted by molar-refractivity contribution is 6.06. The van der Waals surface area contributed by atoms with E-state index in [4.69, 9.17) is 4.74 Å². The minimum absolute atomic E-state index is 0.223. The molecule has 1 heterocycles. The van der Waals surface area contributed by atoms with Gasteiger partial charge in [-0.3, -0.25) is 14.3 Å². The molecule has 3 aromatic rings. The van der Waals surface area contributed by atoms with Gasteiger partial charge in [0.1, 0.15) is 11.4 Å². The Morgan fingerprint density at radius 2 is 1.76 bits per heavy atom. The first-order valence-electron chi connectivity index (χ1n) is 8.98. The number of halogens is 1. The van der Waals surface area contributed by atoms with Gasteiger partial charge in [-0.2, -0.15) is 0 Å². The summed E-state index contributed by atoms with van der Waals surface area (Å²) < 4.78 is 19.5. The lowest BCUT2D eigenvalue weighted by Gasteiger charge is -2.08. The Bertz CT molecular complexity index is 998. The Morgan fingerprint density at radius 1 is 1.07 bits per heavy atom. The molecular formula is C21H21FN4O3. The molecule has 0 aliphatic heterocycles. The summed E-state index contributed by atoms with van der Waals surface area (Å²) in [5, 5.41) is 9.61. The monoisotopic (exact) mass is 396 g/mol. The molecule has 0 atom stereocenters. The standard InChI is InChI=1S/C21H21FN4O3/c1-26-13-18(21(25-26)29-2)20(28)24-17-9-5-15(6-10-17)19(27)23-12-11-14-3-7-16(22)8-4-14/h3-10,13H,11-12H2,1-2H3,(H,23,27)(H,24,28). The number of amides is 2. The number of carbonyl (C=O) groups is 2. The number of methoxy groups -OCH3 is 1. The zero-order valence-corrected chi connectivity index (χ0v) is 16.1. The summed E-state index contributed by atoms with van der Waals surface area (Å²) in [7, 11) is 3.14. The van der Waals surface area contributed by atoms with Crippen LogP contribution in [0, 0.1) is 5.82 Å². The van der Waals surface area contributed by atoms with Gasteiger partial charge < -0.3 is 15.4 Å². The first kappa shape index (κ1) is 20.1. The van der Waals surface area contributed by atoms with Gasteiger partial charge in [-0.25, -0.2) is 4.39 Å². The zero-order chi connectivity index (χ0) is 20.8. The van der Waals surface area contributed by atoms with E-state index in [0.717, 1.165) is 5.56 Å². The quantitative estimate of drug-likeness (QED) is 0.643. The lowest BCUT2D eigenvalue weighted by Crippen LogP contribution is -2.25. The van der Waals surface area contributed by atoms with Gasteiger partial charge in [0, 0.05) is 31.0 Å². The molecule has 7 nitrogen and oxygen atoms in total. The van der Waals surface area contributed by atoms with Crippen molar-refractivity contribution in [1.82, 2.24) is 15.1 Å². The summed E-state index contributed by atoms with van der Waals surface area (Å²) in [6.07, 6.45) is 2.17. The third kappa shape index (κ3) is 5.19. The van der Waals surface area contributed by atoms with E-state index in [1.165, 1.54) is 23.9 Å². The molecule has 2 amide bonds. The van der Waals surface area contributed by atoms with E-state index in [2.05, 4.69) is 15.7 Å². The van der Waals surface area contributed by atoms with Crippen molar-refractivity contribution in [3.63, 3.8) is 0 Å². The Morgan fingerprint density at radius 3 is 2.41 bits per heavy atom. The predicted molar refractivity (Wildman–Crippen MR) is 107 cm³/mol. The molecule has 3 rings (SSSR count). The summed E-state index contributed by atoms with van der Waals surface area (Å²) in [5.74, 6) is -0.626. The average molecular weight is 396 g/mol. The number of hydrogen-bond donors (Lipinski definition) is 2. The van der Waals surface area contributed by atoms with Gasteiger partial charge in [0.2, 0.25) is 5.88 Å². The van der Waals surface area contributed by atoms with E-state index in [9.17, 15) is 14.0 Å². The number of hydrogen-bond acceptors (Lipinski definition) is 4. The molecule has 8 heteroatoms. The van der Waals surface area contributed by atoms with Crippen molar-refractivity contribution in [2.24, 2.45) is 7.05 Å². The van der Waals surface area contributed by atoms with Crippen molar-refractivity contribution in [3.8, 4) is 5.88 Å². The number of ether oxygens (including phenoxy) is 1. The van der Waals surface area contributed by atoms with E-state index in [1.54, 1.807) is 49.6 Å². The maximum absolute atomic E-state index is 12.9. The Hall–Kier alpha value is -3.68. The number of nitrogens with one attached hydrogen (secondary N) is 2. The van der Waals surface area contributed by atoms with Gasteiger partial charge in [-0.05, 0) is 48.4 Å². The summed E-state index contributed by atoms with van der Waals surface area (Å²) in [6.45, 7) is 0.434. The molecule has 1 aromatic heterocycles. The van der Waals surface area contributed by atoms with Crippen LogP contribution in [0.3, 0.4) is 0 Å². The first-order chi connectivity index (χ1) is 14.0. The van der Waals surface area contributed by atoms with E-state index < -0.39 is 0 Å². The highest BCUT2D eigenvalue weighted by Crippen LogP contribution is 2.17. The Kier molecular flexibility index (Phi) is 6.23. The van der Waals surface area contributed by atoms with E-state index >= 15 is 0 Å². The summed E-state index contributed by atoms with van der Waals surface area (Å²) in [4.78, 5) is 24.6. The van der Waals surface area contributed by atoms with Crippen molar-refractivity contribution < 1.29 is 18.7 Å². The minimum Gasteiger partial charge on any atom is -0.479 e. The van der Waals surface area contributed by atoms with Gasteiger partial charge in [0.25, 0.3) is 11.8 Å². The van der Waals surface area contributed by atoms with Crippen molar-refractivity contribution in [3.05, 3.63) is 77.2 Å². The van der Waals surface area contributed by atoms with E-state index in [1.807, 2.05) is 0 Å². The topological polar surface area (TPSA) is 85.2 Å². The van der Waals surface area contributed by atoms with Crippen LogP contribution in [0.5, 0.6) is 5.88 Å². The maximum Gasteiger partial charge on any atom is 0.262 e. The second-order valence-electron chi connectivity index (χ2n) is 6.39. The molecule has 0 bridgehead atoms. The Balaban J connectivity index is 1.54. The van der Waals surface area contributed by atoms with Gasteiger partial charge >= 0.3 is 0 Å². The largest absolute Gasteiger partial charge is 0.479 e. The molecule has 0 unspecified atom stereocenters. The van der Waals surface area contributed by atoms with Crippen molar-refractivity contribution in [2.75, 3.05) is 19.0 Å². The zero-order valence-electron chi connectivity index (χ0n) is 16.1. The number of carbonyl (C=O) groups excluding carboxylic acids is 2. The summed E-state index contributed by atoms with van der Waals surface area (Å²) in [5.41, 5.74) is 2.28. The van der Waals surface area contributed by atoms with Crippen molar-refractivity contribution in [2.45, 2.75) is 6.42 Å². The van der Waals surface area contributed by atoms with Crippen LogP contribution in [0.2, 0.25) is 0 Å². The third-order valence-electron chi connectivity index (χ3n) is 4.25. The highest BCUT2D eigenvalue weighted by atomic mass is 19.1. The number of aryl methyl sites for hydroxylation is 1. The van der Waals surface area contributed by atoms with Crippen LogP contribution in [-0.2, 0) is 13.5 Å². The van der Waals surface area contributed by atoms with Crippen LogP contribution in [-0.4, -0.2) is 35.2 Å². The maximum atomic E-state index is 12.9. The normalized spacial score (nSPS) is 10.4. The smallest absolute Gasteiger partial charge is 0.262 e. The molecule has 0 aliphatic carbocycles. The van der Waals surface area contributed by atoms with Crippen LogP contribution in [0.1, 0.15) is 26.3 Å². The number of aromatic nitrogens is 2. The van der Waals surface area contributed by atoms with Gasteiger partial charge in [0.15, 0.2) is 0 Å². The van der Waals surface area contributed by atoms with Crippen LogP contribution in [0.15, 0.2) is 54.7 Å². The molecule has 150 valence electrons. The highest BCUT2D eigenvalue weighted by Gasteiger charge is 2.16. The van der Waals surface area contributed by atoms with Crippen LogP contribution in [0.4, 0.5) is 10.1 Å². The molecule has 0 aliphatic rings. The second kappa shape index (κ2) is 9.01. The fourth-order valence-corrected chi connectivity index (χ4v) is 2.75. The SMILES string of the molecule is COc1nn(C)cc1C(=O)Nc1ccc(C(=O)NCCc2ccc(F)cc2)cc1. The minimum atomic E-state index is -0.355. The van der Waals surface area contributed by atoms with Crippen LogP contribution < -0.4 is 15.4 Å². The molecule has 0 spiro atoms. The molecular weight excluding hydrogens is 375 g/mol. The molecule has 29 heavy (non-hydrogen) atoms. The van der Waals surface area contributed by atoms with Gasteiger partial charge in [0.05, 0.1) is 7.11 Å². The number of anilines is 1. The van der Waals surface area contributed by atoms with Crippen LogP contribution >= 0.6 is 0 Å². The fourth-order valence-electron chi connectivity index (χ4n) is 2.75. The van der Waals surface area contributed by atoms with Gasteiger partial charge in [-0.15, -0.1) is 5.10 Å². The summed E-state index contributed by atoms with van der Waals surface area (Å²) >= 11 is 0. The Labute approximate surface area is 167 Å². The first-order valence-corrected chi connectivity index (χ1v) is 8.98. The molecule has 0 radical (unpaired) electrons. The summed E-state index contributed by atoms with van der Waals surface area (Å²) in [6, 6.07) is 12.7. The number of rotatable bonds is 7. The van der Waals surface area contributed by atoms with E-state index in [-0.39, 0.29) is 23.5 Å². The lowest BCUT2D eigenvalue weighted by molar-refractivity contribution is 0.0953. The molecule has 0 saturated carbocycles. The van der Waals surface area contributed by atoms with Crippen molar-refractivity contribution in [1.29, 1.82) is 0 Å². The number of nitrogens with zero attached hydrogens (tertiary/aromatic N) is 2. The van der Waals surface area contributed by atoms with Crippen LogP contribution in [0.25, 0.3) is 0 Å². The van der Waals surface area contributed by atoms with Crippen molar-refractivity contribution >= 4 is 17.5 Å². The third-order valence-corrected chi connectivity index (χ3v) is 4.25. The van der Waals surface area contributed by atoms with E-state index in [0.29, 0.717) is 29.8 Å². The van der Waals surface area contributed by atoms with Gasteiger partial charge in [-0.1, -0.05) is 12.1 Å². The number of benzene rings is 2. The lowest BCUT2D eigenvalue weighted by atomic mass is 10.1. The molecule has 0 saturated heterocycles. The predicted octanol–water partition coefficient (Wildman–Crippen LogP) is 2.79. The molecule has 2 N–H and O–H groups in total. The second-order valence-corrected chi connectivity index (χ2v) is 6.39.